The first kappa shape index (κ1) is 39.7. The number of ketones is 1. The summed E-state index contributed by atoms with van der Waals surface area (Å²) in [6.07, 6.45) is 5.04. The number of carbonyl (C=O) groups excluding carboxylic acids is 2. The second-order valence-corrected chi connectivity index (χ2v) is 12.9. The maximum atomic E-state index is 15.0. The Kier molecular flexibility index (Phi) is 14.9. The van der Waals surface area contributed by atoms with E-state index in [1.165, 1.54) is 14.0 Å². The molecule has 0 spiro atoms. The van der Waals surface area contributed by atoms with Crippen LogP contribution in [0.1, 0.15) is 101 Å². The summed E-state index contributed by atoms with van der Waals surface area (Å²) in [5.74, 6) is -2.47. The lowest BCUT2D eigenvalue weighted by Gasteiger charge is -2.28. The van der Waals surface area contributed by atoms with Gasteiger partial charge in [-0.2, -0.15) is 8.78 Å². The number of hydrogen-bond acceptors (Lipinski definition) is 7. The molecule has 3 N–H and O–H groups in total. The van der Waals surface area contributed by atoms with Crippen LogP contribution in [0.15, 0.2) is 35.5 Å². The number of hydrogen-bond donors (Lipinski definition) is 3. The number of benzene rings is 1. The number of halogens is 2. The summed E-state index contributed by atoms with van der Waals surface area (Å²) in [5.41, 5.74) is -0.745. The summed E-state index contributed by atoms with van der Waals surface area (Å²) < 4.78 is 35.1. The molecule has 0 radical (unpaired) electrons. The van der Waals surface area contributed by atoms with E-state index < -0.39 is 29.1 Å². The van der Waals surface area contributed by atoms with Gasteiger partial charge in [-0.25, -0.2) is 4.98 Å². The number of aliphatic hydroxyl groups is 1. The number of Topliss-reactive ketones (excluding diaryl/α,β-unsaturated/α-hetero) is 1. The molecule has 2 aliphatic rings. The van der Waals surface area contributed by atoms with Crippen molar-refractivity contribution >= 4 is 22.7 Å². The van der Waals surface area contributed by atoms with Crippen LogP contribution in [0.25, 0.3) is 11.0 Å². The minimum absolute atomic E-state index is 0. The fourth-order valence-corrected chi connectivity index (χ4v) is 6.68. The normalized spacial score (nSPS) is 21.6. The molecule has 2 aromatic rings. The van der Waals surface area contributed by atoms with E-state index in [1.807, 2.05) is 20.8 Å². The van der Waals surface area contributed by atoms with Crippen LogP contribution in [0.4, 0.5) is 8.78 Å². The Balaban J connectivity index is 0.000000481. The van der Waals surface area contributed by atoms with E-state index in [-0.39, 0.29) is 36.9 Å². The molecular weight excluding hydrogens is 606 g/mol. The Bertz CT molecular complexity index is 1420. The first-order chi connectivity index (χ1) is 22.2. The largest absolute Gasteiger partial charge is 0.497 e. The molecule has 1 saturated heterocycles. The number of aliphatic hydroxyl groups excluding tert-OH is 1. The average Bonchev–Trinajstić information content (AvgIpc) is 3.69. The number of aromatic amines is 1. The van der Waals surface area contributed by atoms with E-state index in [1.54, 1.807) is 30.0 Å². The molecular formula is C36H58F2N4O5. The molecule has 1 amide bonds. The van der Waals surface area contributed by atoms with Crippen LogP contribution in [0, 0.1) is 29.6 Å². The lowest BCUT2D eigenvalue weighted by atomic mass is 9.88. The second kappa shape index (κ2) is 17.6. The van der Waals surface area contributed by atoms with E-state index in [4.69, 9.17) is 9.84 Å². The maximum Gasteiger partial charge on any atom is 0.298 e. The highest BCUT2D eigenvalue weighted by Gasteiger charge is 2.57. The van der Waals surface area contributed by atoms with E-state index >= 15 is 0 Å². The van der Waals surface area contributed by atoms with Gasteiger partial charge in [-0.1, -0.05) is 54.4 Å². The second-order valence-electron chi connectivity index (χ2n) is 12.9. The van der Waals surface area contributed by atoms with Crippen molar-refractivity contribution in [2.75, 3.05) is 13.7 Å². The van der Waals surface area contributed by atoms with Crippen LogP contribution < -0.4 is 15.6 Å². The monoisotopic (exact) mass is 664 g/mol. The number of alkyl halides is 2. The highest BCUT2D eigenvalue weighted by molar-refractivity contribution is 5.90. The molecule has 1 aliphatic heterocycles. The zero-order chi connectivity index (χ0) is 35.6. The zero-order valence-electron chi connectivity index (χ0n) is 29.7. The Hall–Kier alpha value is -3.50. The summed E-state index contributed by atoms with van der Waals surface area (Å²) >= 11 is 0. The van der Waals surface area contributed by atoms with E-state index in [0.29, 0.717) is 41.6 Å². The number of likely N-dealkylation sites (tertiary alicyclic amines) is 1. The summed E-state index contributed by atoms with van der Waals surface area (Å²) in [5, 5.41) is 11.6. The Morgan fingerprint density at radius 3 is 2.43 bits per heavy atom. The van der Waals surface area contributed by atoms with E-state index in [9.17, 15) is 23.2 Å². The van der Waals surface area contributed by atoms with Gasteiger partial charge in [0.15, 0.2) is 17.4 Å². The first-order valence-electron chi connectivity index (χ1n) is 17.1. The number of aromatic nitrogens is 2. The number of fused-ring (bicyclic) bond motifs is 1. The van der Waals surface area contributed by atoms with Crippen LogP contribution in [-0.4, -0.2) is 57.4 Å². The van der Waals surface area contributed by atoms with Crippen LogP contribution >= 0.6 is 0 Å². The van der Waals surface area contributed by atoms with Crippen molar-refractivity contribution in [1.29, 1.82) is 0 Å². The SMILES string of the molecule is C=C(O)NC(C)C(=O)N1CC[C@@H](CC)[C@H]1C(C)=O.CC.CC[C@H](CCC1CC1C(F)(F)c1nc2ccc(OC)cc2[nH]c1=O)C(C)C.[HH]. The highest BCUT2D eigenvalue weighted by Crippen LogP contribution is 2.55. The lowest BCUT2D eigenvalue weighted by molar-refractivity contribution is -0.139. The number of methoxy groups -OCH3 is 1. The topological polar surface area (TPSA) is 125 Å². The summed E-state index contributed by atoms with van der Waals surface area (Å²) in [6, 6.07) is 3.93. The third-order valence-electron chi connectivity index (χ3n) is 9.48. The smallest absolute Gasteiger partial charge is 0.298 e. The third-order valence-corrected chi connectivity index (χ3v) is 9.48. The van der Waals surface area contributed by atoms with Crippen LogP contribution in [0.3, 0.4) is 0 Å². The lowest BCUT2D eigenvalue weighted by Crippen LogP contribution is -2.49. The van der Waals surface area contributed by atoms with Crippen molar-refractivity contribution in [1.82, 2.24) is 20.2 Å². The van der Waals surface area contributed by atoms with Gasteiger partial charge in [0.1, 0.15) is 11.8 Å². The molecule has 1 aromatic heterocycles. The number of nitrogens with zero attached hydrogens (tertiary/aromatic N) is 2. The van der Waals surface area contributed by atoms with Crippen LogP contribution in [0.2, 0.25) is 0 Å². The molecule has 1 saturated carbocycles. The van der Waals surface area contributed by atoms with Crippen molar-refractivity contribution in [2.45, 2.75) is 112 Å². The van der Waals surface area contributed by atoms with Gasteiger partial charge in [0.05, 0.1) is 24.2 Å². The molecule has 2 fully saturated rings. The minimum atomic E-state index is -3.20. The molecule has 1 aliphatic carbocycles. The Morgan fingerprint density at radius 1 is 1.23 bits per heavy atom. The van der Waals surface area contributed by atoms with Crippen LogP contribution in [-0.2, 0) is 15.5 Å². The minimum Gasteiger partial charge on any atom is -0.497 e. The predicted octanol–water partition coefficient (Wildman–Crippen LogP) is 7.60. The summed E-state index contributed by atoms with van der Waals surface area (Å²) in [4.78, 5) is 44.4. The number of carbonyl (C=O) groups is 2. The fourth-order valence-electron chi connectivity index (χ4n) is 6.68. The molecule has 0 bridgehead atoms. The third kappa shape index (κ3) is 10.00. The number of H-pyrrole nitrogens is 1. The van der Waals surface area contributed by atoms with E-state index in [2.05, 4.69) is 42.6 Å². The van der Waals surface area contributed by atoms with Gasteiger partial charge in [0.25, 0.3) is 11.5 Å². The molecule has 6 atom stereocenters. The Morgan fingerprint density at radius 2 is 1.89 bits per heavy atom. The van der Waals surface area contributed by atoms with Gasteiger partial charge in [-0.3, -0.25) is 14.4 Å². The first-order valence-corrected chi connectivity index (χ1v) is 17.1. The zero-order valence-corrected chi connectivity index (χ0v) is 29.7. The summed E-state index contributed by atoms with van der Waals surface area (Å²) in [7, 11) is 1.50. The van der Waals surface area contributed by atoms with Crippen molar-refractivity contribution in [2.24, 2.45) is 29.6 Å². The van der Waals surface area contributed by atoms with Gasteiger partial charge in [0, 0.05) is 20.0 Å². The molecule has 3 unspecified atom stereocenters. The quantitative estimate of drug-likeness (QED) is 0.188. The fraction of sp³-hybridized carbons (Fsp3) is 0.667. The molecule has 4 rings (SSSR count). The van der Waals surface area contributed by atoms with Gasteiger partial charge >= 0.3 is 0 Å². The highest BCUT2D eigenvalue weighted by atomic mass is 19.3. The predicted molar refractivity (Wildman–Crippen MR) is 185 cm³/mol. The molecule has 9 nitrogen and oxygen atoms in total. The number of ether oxygens (including phenoxy) is 1. The van der Waals surface area contributed by atoms with E-state index in [0.717, 1.165) is 32.1 Å². The number of nitrogens with one attached hydrogen (secondary N) is 2. The average molecular weight is 665 g/mol. The maximum absolute atomic E-state index is 15.0. The van der Waals surface area contributed by atoms with Gasteiger partial charge < -0.3 is 25.0 Å². The molecule has 11 heteroatoms. The van der Waals surface area contributed by atoms with Gasteiger partial charge in [0.2, 0.25) is 5.91 Å². The van der Waals surface area contributed by atoms with Gasteiger partial charge in [-0.15, -0.1) is 0 Å². The molecule has 1 aromatic carbocycles. The van der Waals surface area contributed by atoms with Crippen molar-refractivity contribution in [3.63, 3.8) is 0 Å². The standard InChI is InChI=1S/C21H28F2N2O2.C13H22N2O3.C2H6.H2/c1-5-13(12(2)3)6-7-14-10-16(14)21(22,23)19-20(26)25-18-11-15(27-4)8-9-17(18)24-19;1-5-11-6-7-15(12(11)9(3)16)13(18)8(2)14-10(4)17;1-2;/h8-9,11-14,16H,5-7,10H2,1-4H3,(H,25,26);8,11-12,14,17H,4-7H2,1-3H3;1-2H3;1H/t13-,14?,16?;8?,11-,12-;;/m11../s1. The molecule has 2 heterocycles. The Labute approximate surface area is 280 Å². The van der Waals surface area contributed by atoms with Crippen molar-refractivity contribution in [3.05, 3.63) is 46.7 Å². The molecule has 47 heavy (non-hydrogen) atoms. The van der Waals surface area contributed by atoms with Crippen molar-refractivity contribution in [3.8, 4) is 5.75 Å². The van der Waals surface area contributed by atoms with Crippen LogP contribution in [0.5, 0.6) is 5.75 Å². The van der Waals surface area contributed by atoms with Gasteiger partial charge in [-0.05, 0) is 81.9 Å². The summed E-state index contributed by atoms with van der Waals surface area (Å²) in [6.45, 7) is 19.6. The number of amides is 1. The van der Waals surface area contributed by atoms with Crippen molar-refractivity contribution < 1.29 is 29.6 Å². The number of rotatable bonds is 13. The molecule has 266 valence electrons.